The molecule has 0 saturated carbocycles. The van der Waals surface area contributed by atoms with Crippen LogP contribution in [0.25, 0.3) is 0 Å². The fraction of sp³-hybridized carbons (Fsp3) is 0.143. The van der Waals surface area contributed by atoms with E-state index >= 15 is 0 Å². The van der Waals surface area contributed by atoms with Crippen molar-refractivity contribution in [3.8, 4) is 5.75 Å². The van der Waals surface area contributed by atoms with E-state index in [-0.39, 0.29) is 10.6 Å². The van der Waals surface area contributed by atoms with Crippen molar-refractivity contribution in [3.63, 3.8) is 0 Å². The SMILES string of the molecule is COc1ccc(S(=O)(=O)Nc2ccc(Cl)cc2C)cc1N. The van der Waals surface area contributed by atoms with Crippen molar-refractivity contribution in [1.29, 1.82) is 0 Å². The maximum absolute atomic E-state index is 12.4. The molecule has 0 atom stereocenters. The van der Waals surface area contributed by atoms with Gasteiger partial charge in [-0.05, 0) is 48.9 Å². The molecule has 3 N–H and O–H groups in total. The van der Waals surface area contributed by atoms with Gasteiger partial charge in [0.15, 0.2) is 0 Å². The molecule has 0 aliphatic rings. The quantitative estimate of drug-likeness (QED) is 0.846. The molecule has 5 nitrogen and oxygen atoms in total. The number of nitrogen functional groups attached to an aromatic ring is 1. The van der Waals surface area contributed by atoms with Crippen LogP contribution in [0.15, 0.2) is 41.3 Å². The van der Waals surface area contributed by atoms with Gasteiger partial charge in [0.1, 0.15) is 5.75 Å². The summed E-state index contributed by atoms with van der Waals surface area (Å²) in [6, 6.07) is 9.21. The number of aryl methyl sites for hydroxylation is 1. The van der Waals surface area contributed by atoms with Gasteiger partial charge in [-0.1, -0.05) is 11.6 Å². The second kappa shape index (κ2) is 5.83. The molecule has 21 heavy (non-hydrogen) atoms. The molecule has 2 rings (SSSR count). The Labute approximate surface area is 128 Å². The van der Waals surface area contributed by atoms with E-state index in [1.54, 1.807) is 25.1 Å². The van der Waals surface area contributed by atoms with Crippen LogP contribution >= 0.6 is 11.6 Å². The molecule has 0 aliphatic carbocycles. The Hall–Kier alpha value is -1.92. The Morgan fingerprint density at radius 3 is 2.48 bits per heavy atom. The maximum atomic E-state index is 12.4. The summed E-state index contributed by atoms with van der Waals surface area (Å²) < 4.78 is 32.2. The summed E-state index contributed by atoms with van der Waals surface area (Å²) in [7, 11) is -2.26. The Bertz CT molecular complexity index is 776. The summed E-state index contributed by atoms with van der Waals surface area (Å²) in [5.74, 6) is 0.427. The van der Waals surface area contributed by atoms with Gasteiger partial charge in [-0.2, -0.15) is 0 Å². The van der Waals surface area contributed by atoms with Crippen molar-refractivity contribution in [2.45, 2.75) is 11.8 Å². The summed E-state index contributed by atoms with van der Waals surface area (Å²) in [6.45, 7) is 1.77. The number of rotatable bonds is 4. The molecule has 0 spiro atoms. The van der Waals surface area contributed by atoms with Crippen LogP contribution in [-0.2, 0) is 10.0 Å². The van der Waals surface area contributed by atoms with E-state index in [2.05, 4.69) is 4.72 Å². The number of hydrogen-bond acceptors (Lipinski definition) is 4. The molecule has 0 amide bonds. The number of nitrogens with one attached hydrogen (secondary N) is 1. The third kappa shape index (κ3) is 3.40. The third-order valence-electron chi connectivity index (χ3n) is 2.94. The number of hydrogen-bond donors (Lipinski definition) is 2. The molecule has 0 unspecified atom stereocenters. The Balaban J connectivity index is 2.36. The molecule has 2 aromatic carbocycles. The Morgan fingerprint density at radius 1 is 1.19 bits per heavy atom. The lowest BCUT2D eigenvalue weighted by Crippen LogP contribution is -2.14. The summed E-state index contributed by atoms with van der Waals surface area (Å²) in [5.41, 5.74) is 7.19. The monoisotopic (exact) mass is 326 g/mol. The van der Waals surface area contributed by atoms with Gasteiger partial charge in [0.05, 0.1) is 23.4 Å². The zero-order chi connectivity index (χ0) is 15.6. The number of benzene rings is 2. The van der Waals surface area contributed by atoms with Gasteiger partial charge in [-0.3, -0.25) is 4.72 Å². The van der Waals surface area contributed by atoms with Crippen molar-refractivity contribution < 1.29 is 13.2 Å². The van der Waals surface area contributed by atoms with Crippen molar-refractivity contribution in [3.05, 3.63) is 47.0 Å². The zero-order valence-electron chi connectivity index (χ0n) is 11.6. The highest BCUT2D eigenvalue weighted by Gasteiger charge is 2.17. The lowest BCUT2D eigenvalue weighted by molar-refractivity contribution is 0.416. The second-order valence-corrected chi connectivity index (χ2v) is 6.59. The number of nitrogens with two attached hydrogens (primary N) is 1. The summed E-state index contributed by atoms with van der Waals surface area (Å²) in [4.78, 5) is 0.0650. The van der Waals surface area contributed by atoms with Crippen molar-refractivity contribution in [1.82, 2.24) is 0 Å². The minimum Gasteiger partial charge on any atom is -0.495 e. The van der Waals surface area contributed by atoms with Crippen LogP contribution in [0.2, 0.25) is 5.02 Å². The highest BCUT2D eigenvalue weighted by molar-refractivity contribution is 7.92. The van der Waals surface area contributed by atoms with E-state index in [1.165, 1.54) is 25.3 Å². The molecule has 0 heterocycles. The van der Waals surface area contributed by atoms with Crippen LogP contribution in [-0.4, -0.2) is 15.5 Å². The molecule has 2 aromatic rings. The molecule has 0 aliphatic heterocycles. The second-order valence-electron chi connectivity index (χ2n) is 4.47. The van der Waals surface area contributed by atoms with Gasteiger partial charge < -0.3 is 10.5 Å². The Kier molecular flexibility index (Phi) is 4.29. The van der Waals surface area contributed by atoms with Gasteiger partial charge in [0.25, 0.3) is 10.0 Å². The third-order valence-corrected chi connectivity index (χ3v) is 4.54. The minimum absolute atomic E-state index is 0.0650. The highest BCUT2D eigenvalue weighted by Crippen LogP contribution is 2.27. The van der Waals surface area contributed by atoms with Gasteiger partial charge >= 0.3 is 0 Å². The van der Waals surface area contributed by atoms with Crippen LogP contribution in [0.3, 0.4) is 0 Å². The van der Waals surface area contributed by atoms with Gasteiger partial charge in [-0.25, -0.2) is 8.42 Å². The van der Waals surface area contributed by atoms with Crippen molar-refractivity contribution in [2.24, 2.45) is 0 Å². The van der Waals surface area contributed by atoms with Crippen molar-refractivity contribution >= 4 is 33.0 Å². The first-order chi connectivity index (χ1) is 9.83. The molecule has 0 fully saturated rings. The molecule has 112 valence electrons. The van der Waals surface area contributed by atoms with Crippen LogP contribution in [0.4, 0.5) is 11.4 Å². The highest BCUT2D eigenvalue weighted by atomic mass is 35.5. The van der Waals surface area contributed by atoms with Crippen LogP contribution in [0.1, 0.15) is 5.56 Å². The molecular weight excluding hydrogens is 312 g/mol. The average Bonchev–Trinajstić information content (AvgIpc) is 2.42. The van der Waals surface area contributed by atoms with Gasteiger partial charge in [0.2, 0.25) is 0 Å². The largest absolute Gasteiger partial charge is 0.495 e. The molecular formula is C14H15ClN2O3S. The van der Waals surface area contributed by atoms with E-state index in [0.717, 1.165) is 5.56 Å². The van der Waals surface area contributed by atoms with E-state index in [1.807, 2.05) is 0 Å². The number of ether oxygens (including phenoxy) is 1. The molecule has 0 saturated heterocycles. The van der Waals surface area contributed by atoms with Gasteiger partial charge in [0, 0.05) is 5.02 Å². The Morgan fingerprint density at radius 2 is 1.90 bits per heavy atom. The lowest BCUT2D eigenvalue weighted by Gasteiger charge is -2.12. The van der Waals surface area contributed by atoms with E-state index in [0.29, 0.717) is 16.5 Å². The fourth-order valence-corrected chi connectivity index (χ4v) is 3.22. The minimum atomic E-state index is -3.72. The van der Waals surface area contributed by atoms with Crippen LogP contribution in [0.5, 0.6) is 5.75 Å². The van der Waals surface area contributed by atoms with E-state index < -0.39 is 10.0 Å². The first-order valence-corrected chi connectivity index (χ1v) is 7.92. The normalized spacial score (nSPS) is 11.2. The van der Waals surface area contributed by atoms with E-state index in [4.69, 9.17) is 22.1 Å². The molecule has 0 aromatic heterocycles. The predicted molar refractivity (Wildman–Crippen MR) is 84.4 cm³/mol. The van der Waals surface area contributed by atoms with Crippen molar-refractivity contribution in [2.75, 3.05) is 17.6 Å². The van der Waals surface area contributed by atoms with Gasteiger partial charge in [-0.15, -0.1) is 0 Å². The smallest absolute Gasteiger partial charge is 0.261 e. The number of halogens is 1. The standard InChI is InChI=1S/C14H15ClN2O3S/c1-9-7-10(15)3-5-13(9)17-21(18,19)11-4-6-14(20-2)12(16)8-11/h3-8,17H,16H2,1-2H3. The molecule has 0 bridgehead atoms. The van der Waals surface area contributed by atoms with Crippen LogP contribution in [0, 0.1) is 6.92 Å². The predicted octanol–water partition coefficient (Wildman–Crippen LogP) is 3.04. The average molecular weight is 327 g/mol. The summed E-state index contributed by atoms with van der Waals surface area (Å²) in [5, 5.41) is 0.545. The summed E-state index contributed by atoms with van der Waals surface area (Å²) in [6.07, 6.45) is 0. The lowest BCUT2D eigenvalue weighted by atomic mass is 10.2. The van der Waals surface area contributed by atoms with Crippen LogP contribution < -0.4 is 15.2 Å². The summed E-state index contributed by atoms with van der Waals surface area (Å²) >= 11 is 5.85. The number of methoxy groups -OCH3 is 1. The first kappa shape index (κ1) is 15.5. The number of anilines is 2. The topological polar surface area (TPSA) is 81.4 Å². The maximum Gasteiger partial charge on any atom is 0.261 e. The molecule has 0 radical (unpaired) electrons. The number of sulfonamides is 1. The fourth-order valence-electron chi connectivity index (χ4n) is 1.82. The van der Waals surface area contributed by atoms with E-state index in [9.17, 15) is 8.42 Å². The first-order valence-electron chi connectivity index (χ1n) is 6.06. The zero-order valence-corrected chi connectivity index (χ0v) is 13.1. The molecule has 7 heteroatoms.